The minimum atomic E-state index is -0.820. The summed E-state index contributed by atoms with van der Waals surface area (Å²) in [7, 11) is 0. The van der Waals surface area contributed by atoms with Gasteiger partial charge in [-0.05, 0) is 12.5 Å². The molecule has 3 rings (SSSR count). The molecule has 0 amide bonds. The number of hydrogen-bond acceptors (Lipinski definition) is 3. The van der Waals surface area contributed by atoms with Crippen molar-refractivity contribution in [3.8, 4) is 11.8 Å². The first-order chi connectivity index (χ1) is 6.63. The van der Waals surface area contributed by atoms with Crippen LogP contribution in [0.5, 0.6) is 0 Å². The van der Waals surface area contributed by atoms with Crippen molar-refractivity contribution in [1.29, 1.82) is 0 Å². The summed E-state index contributed by atoms with van der Waals surface area (Å²) in [5, 5.41) is 28.6. The molecular weight excluding hydrogens is 180 g/mol. The first-order valence-electron chi connectivity index (χ1n) is 4.65. The minimum absolute atomic E-state index is 0.0500. The predicted molar refractivity (Wildman–Crippen MR) is 49.2 cm³/mol. The van der Waals surface area contributed by atoms with E-state index in [-0.39, 0.29) is 22.9 Å². The largest absolute Gasteiger partial charge is 0.512 e. The Morgan fingerprint density at radius 2 is 2.21 bits per heavy atom. The molecule has 1 fully saturated rings. The van der Waals surface area contributed by atoms with Crippen LogP contribution < -0.4 is 0 Å². The first kappa shape index (κ1) is 7.95. The average Bonchev–Trinajstić information content (AvgIpc) is 2.54. The summed E-state index contributed by atoms with van der Waals surface area (Å²) in [6.45, 7) is 0. The van der Waals surface area contributed by atoms with E-state index in [1.807, 2.05) is 0 Å². The van der Waals surface area contributed by atoms with Gasteiger partial charge < -0.3 is 15.3 Å². The lowest BCUT2D eigenvalue weighted by atomic mass is 9.76. The van der Waals surface area contributed by atoms with Gasteiger partial charge in [-0.3, -0.25) is 0 Å². The van der Waals surface area contributed by atoms with Crippen molar-refractivity contribution < 1.29 is 15.3 Å². The van der Waals surface area contributed by atoms with Gasteiger partial charge in [0, 0.05) is 12.0 Å². The van der Waals surface area contributed by atoms with Gasteiger partial charge >= 0.3 is 0 Å². The third-order valence-electron chi connectivity index (χ3n) is 3.34. The second-order valence-corrected chi connectivity index (χ2v) is 4.20. The summed E-state index contributed by atoms with van der Waals surface area (Å²) in [6.07, 6.45) is 2.73. The maximum absolute atomic E-state index is 9.73. The van der Waals surface area contributed by atoms with Crippen LogP contribution in [0.2, 0.25) is 0 Å². The first-order valence-corrected chi connectivity index (χ1v) is 4.65. The van der Waals surface area contributed by atoms with Gasteiger partial charge in [-0.25, -0.2) is 0 Å². The topological polar surface area (TPSA) is 60.7 Å². The Bertz CT molecular complexity index is 424. The average molecular weight is 190 g/mol. The zero-order valence-corrected chi connectivity index (χ0v) is 7.44. The third-order valence-corrected chi connectivity index (χ3v) is 3.34. The van der Waals surface area contributed by atoms with E-state index in [1.54, 1.807) is 0 Å². The van der Waals surface area contributed by atoms with Crippen LogP contribution in [0.3, 0.4) is 0 Å². The van der Waals surface area contributed by atoms with Crippen molar-refractivity contribution in [2.24, 2.45) is 17.3 Å². The smallest absolute Gasteiger partial charge is 0.117 e. The van der Waals surface area contributed by atoms with Gasteiger partial charge in [-0.1, -0.05) is 11.8 Å². The van der Waals surface area contributed by atoms with Crippen molar-refractivity contribution >= 4 is 0 Å². The van der Waals surface area contributed by atoms with Crippen molar-refractivity contribution in [2.45, 2.75) is 12.5 Å². The van der Waals surface area contributed by atoms with E-state index in [2.05, 4.69) is 11.8 Å². The zero-order chi connectivity index (χ0) is 9.92. The monoisotopic (exact) mass is 190 g/mol. The molecule has 3 nitrogen and oxygen atoms in total. The second kappa shape index (κ2) is 2.15. The van der Waals surface area contributed by atoms with E-state index in [1.165, 1.54) is 12.2 Å². The van der Waals surface area contributed by atoms with Gasteiger partial charge in [0.1, 0.15) is 11.5 Å². The molecule has 0 radical (unpaired) electrons. The molecule has 14 heavy (non-hydrogen) atoms. The fourth-order valence-electron chi connectivity index (χ4n) is 2.47. The van der Waals surface area contributed by atoms with Crippen LogP contribution in [0.15, 0.2) is 23.7 Å². The van der Waals surface area contributed by atoms with Gasteiger partial charge in [0.2, 0.25) is 0 Å². The molecule has 3 aliphatic carbocycles. The Hall–Kier alpha value is -1.40. The van der Waals surface area contributed by atoms with Crippen LogP contribution >= 0.6 is 0 Å². The number of allylic oxidation sites excluding steroid dienone is 1. The van der Waals surface area contributed by atoms with Crippen LogP contribution in [-0.4, -0.2) is 21.4 Å². The van der Waals surface area contributed by atoms with E-state index in [0.717, 1.165) is 6.42 Å². The molecule has 0 saturated heterocycles. The Labute approximate surface area is 81.4 Å². The molecule has 3 N–H and O–H groups in total. The molecule has 3 unspecified atom stereocenters. The maximum Gasteiger partial charge on any atom is 0.117 e. The highest BCUT2D eigenvalue weighted by atomic mass is 16.3. The van der Waals surface area contributed by atoms with Crippen molar-refractivity contribution in [3.05, 3.63) is 23.7 Å². The van der Waals surface area contributed by atoms with E-state index >= 15 is 0 Å². The number of rotatable bonds is 1. The van der Waals surface area contributed by atoms with Crippen LogP contribution in [0.25, 0.3) is 0 Å². The fraction of sp³-hybridized carbons (Fsp3) is 0.455. The van der Waals surface area contributed by atoms with Gasteiger partial charge in [0.05, 0.1) is 17.4 Å². The van der Waals surface area contributed by atoms with Crippen molar-refractivity contribution in [1.82, 2.24) is 0 Å². The highest BCUT2D eigenvalue weighted by Gasteiger charge is 2.65. The molecule has 0 aromatic rings. The highest BCUT2D eigenvalue weighted by Crippen LogP contribution is 2.64. The third kappa shape index (κ3) is 0.771. The van der Waals surface area contributed by atoms with Crippen LogP contribution in [0.4, 0.5) is 0 Å². The standard InChI is InChI=1S/C11H10O3/c12-7-3-8(13)10(9(14)4-7)11-2-1-6(11)5-11/h3-4,6,8,10,12-14H,5H2/t6?,8-,10?,11?/m0/s1. The van der Waals surface area contributed by atoms with Crippen LogP contribution in [0.1, 0.15) is 6.42 Å². The summed E-state index contributed by atoms with van der Waals surface area (Å²) >= 11 is 0. The summed E-state index contributed by atoms with van der Waals surface area (Å²) in [5.41, 5.74) is -0.197. The highest BCUT2D eigenvalue weighted by molar-refractivity contribution is 5.46. The number of hydrogen-bond donors (Lipinski definition) is 3. The molecule has 0 spiro atoms. The number of fused-ring (bicyclic) bond motifs is 1. The quantitative estimate of drug-likeness (QED) is 0.538. The lowest BCUT2D eigenvalue weighted by Gasteiger charge is -2.30. The molecule has 72 valence electrons. The molecule has 3 heteroatoms. The SMILES string of the molecule is OC1=C[C@H](O)C(C23C#CC2C3)C(O)=C1. The van der Waals surface area contributed by atoms with Crippen LogP contribution in [0, 0.1) is 29.1 Å². The van der Waals surface area contributed by atoms with Gasteiger partial charge in [0.15, 0.2) is 0 Å². The van der Waals surface area contributed by atoms with Gasteiger partial charge in [-0.2, -0.15) is 0 Å². The van der Waals surface area contributed by atoms with E-state index in [0.29, 0.717) is 5.92 Å². The number of aliphatic hydroxyl groups is 3. The van der Waals surface area contributed by atoms with Gasteiger partial charge in [-0.15, -0.1) is 0 Å². The Balaban J connectivity index is 1.96. The molecule has 0 aromatic heterocycles. The lowest BCUT2D eigenvalue weighted by molar-refractivity contribution is 0.0978. The Morgan fingerprint density at radius 1 is 1.43 bits per heavy atom. The summed E-state index contributed by atoms with van der Waals surface area (Å²) in [4.78, 5) is 0. The predicted octanol–water partition coefficient (Wildman–Crippen LogP) is 0.884. The Morgan fingerprint density at radius 3 is 2.64 bits per heavy atom. The maximum atomic E-state index is 9.73. The molecule has 4 atom stereocenters. The molecule has 0 bridgehead atoms. The molecular formula is C11H10O3. The van der Waals surface area contributed by atoms with Crippen molar-refractivity contribution in [3.63, 3.8) is 0 Å². The fourth-order valence-corrected chi connectivity index (χ4v) is 2.47. The van der Waals surface area contributed by atoms with Crippen molar-refractivity contribution in [2.75, 3.05) is 0 Å². The number of aliphatic hydroxyl groups excluding tert-OH is 3. The minimum Gasteiger partial charge on any atom is -0.512 e. The second-order valence-electron chi connectivity index (χ2n) is 4.20. The van der Waals surface area contributed by atoms with E-state index < -0.39 is 6.10 Å². The molecule has 0 aromatic carbocycles. The zero-order valence-electron chi connectivity index (χ0n) is 7.44. The molecule has 0 heterocycles. The lowest BCUT2D eigenvalue weighted by Crippen LogP contribution is -2.34. The summed E-state index contributed by atoms with van der Waals surface area (Å²) < 4.78 is 0. The summed E-state index contributed by atoms with van der Waals surface area (Å²) in [5.74, 6) is 5.98. The van der Waals surface area contributed by atoms with E-state index in [4.69, 9.17) is 5.11 Å². The van der Waals surface area contributed by atoms with E-state index in [9.17, 15) is 10.2 Å². The normalized spacial score (nSPS) is 47.6. The Kier molecular flexibility index (Phi) is 1.22. The summed E-state index contributed by atoms with van der Waals surface area (Å²) in [6, 6.07) is 0. The van der Waals surface area contributed by atoms with Crippen LogP contribution in [-0.2, 0) is 0 Å². The molecule has 3 aliphatic rings. The van der Waals surface area contributed by atoms with Gasteiger partial charge in [0.25, 0.3) is 0 Å². The molecule has 1 saturated carbocycles. The molecule has 0 aliphatic heterocycles.